The van der Waals surface area contributed by atoms with Gasteiger partial charge in [0, 0.05) is 23.3 Å². The van der Waals surface area contributed by atoms with E-state index in [9.17, 15) is 4.79 Å². The van der Waals surface area contributed by atoms with Crippen molar-refractivity contribution < 1.29 is 14.3 Å². The Morgan fingerprint density at radius 3 is 2.77 bits per heavy atom. The second kappa shape index (κ2) is 9.12. The molecule has 1 aliphatic rings. The maximum Gasteiger partial charge on any atom is 0.189 e. The van der Waals surface area contributed by atoms with Crippen molar-refractivity contribution in [3.8, 4) is 11.5 Å². The van der Waals surface area contributed by atoms with Gasteiger partial charge in [-0.25, -0.2) is 0 Å². The number of hydrogen-bond acceptors (Lipinski definition) is 3. The summed E-state index contributed by atoms with van der Waals surface area (Å²) in [7, 11) is 1.61. The number of carbonyl (C=O) groups excluding carboxylic acids is 1. The van der Waals surface area contributed by atoms with Crippen molar-refractivity contribution in [2.75, 3.05) is 7.11 Å². The van der Waals surface area contributed by atoms with Gasteiger partial charge in [-0.2, -0.15) is 0 Å². The topological polar surface area (TPSA) is 40.5 Å². The minimum absolute atomic E-state index is 0.121. The molecule has 0 bridgehead atoms. The Morgan fingerprint density at radius 2 is 1.97 bits per heavy atom. The van der Waals surface area contributed by atoms with E-state index < -0.39 is 5.60 Å². The zero-order valence-electron chi connectivity index (χ0n) is 19.9. The quantitative estimate of drug-likeness (QED) is 0.211. The Hall–Kier alpha value is -3.76. The molecule has 1 aromatic heterocycles. The molecule has 5 heteroatoms. The van der Waals surface area contributed by atoms with E-state index in [1.165, 1.54) is 0 Å². The van der Waals surface area contributed by atoms with Gasteiger partial charge in [-0.15, -0.1) is 0 Å². The zero-order chi connectivity index (χ0) is 24.6. The normalized spacial score (nSPS) is 14.2. The first kappa shape index (κ1) is 23.0. The van der Waals surface area contributed by atoms with Crippen LogP contribution in [0.4, 0.5) is 0 Å². The molecule has 1 aliphatic heterocycles. The van der Waals surface area contributed by atoms with Gasteiger partial charge in [0.2, 0.25) is 0 Å². The third-order valence-electron chi connectivity index (χ3n) is 6.13. The fourth-order valence-electron chi connectivity index (χ4n) is 4.34. The molecule has 4 nitrogen and oxygen atoms in total. The van der Waals surface area contributed by atoms with Crippen molar-refractivity contribution in [1.82, 2.24) is 4.57 Å². The summed E-state index contributed by atoms with van der Waals surface area (Å²) in [6, 6.07) is 19.7. The molecule has 0 saturated carbocycles. The van der Waals surface area contributed by atoms with E-state index in [1.54, 1.807) is 25.3 Å². The molecule has 0 atom stereocenters. The van der Waals surface area contributed by atoms with Gasteiger partial charge in [0.1, 0.15) is 17.1 Å². The lowest BCUT2D eigenvalue weighted by Gasteiger charge is -2.29. The maximum absolute atomic E-state index is 13.2. The highest BCUT2D eigenvalue weighted by molar-refractivity contribution is 6.30. The Labute approximate surface area is 210 Å². The molecule has 0 unspecified atom stereocenters. The smallest absolute Gasteiger partial charge is 0.189 e. The van der Waals surface area contributed by atoms with E-state index in [-0.39, 0.29) is 5.78 Å². The SMILES string of the molecule is COc1ccc(C(=O)/C=C/c2ccc3ccn(Cc4cccc(Cl)c4)c3c2)c2c1C=CC(C)(C)O2. The second-order valence-corrected chi connectivity index (χ2v) is 9.62. The molecule has 0 fully saturated rings. The molecule has 5 rings (SSSR count). The van der Waals surface area contributed by atoms with Crippen molar-refractivity contribution >= 4 is 40.4 Å². The number of ketones is 1. The van der Waals surface area contributed by atoms with Crippen molar-refractivity contribution in [2.45, 2.75) is 26.0 Å². The van der Waals surface area contributed by atoms with E-state index in [1.807, 2.05) is 56.3 Å². The molecule has 0 amide bonds. The second-order valence-electron chi connectivity index (χ2n) is 9.19. The van der Waals surface area contributed by atoms with Gasteiger partial charge >= 0.3 is 0 Å². The van der Waals surface area contributed by atoms with Gasteiger partial charge in [-0.05, 0) is 85.0 Å². The van der Waals surface area contributed by atoms with Crippen LogP contribution in [0.25, 0.3) is 23.1 Å². The van der Waals surface area contributed by atoms with Gasteiger partial charge < -0.3 is 14.0 Å². The van der Waals surface area contributed by atoms with Crippen molar-refractivity contribution in [2.24, 2.45) is 0 Å². The number of allylic oxidation sites excluding steroid dienone is 1. The van der Waals surface area contributed by atoms with Crippen LogP contribution < -0.4 is 9.47 Å². The molecule has 0 N–H and O–H groups in total. The number of carbonyl (C=O) groups is 1. The van der Waals surface area contributed by atoms with Gasteiger partial charge in [0.05, 0.1) is 18.2 Å². The van der Waals surface area contributed by atoms with Crippen LogP contribution >= 0.6 is 11.6 Å². The Balaban J connectivity index is 1.43. The number of hydrogen-bond donors (Lipinski definition) is 0. The molecule has 3 aromatic carbocycles. The average Bonchev–Trinajstić information content (AvgIpc) is 3.23. The molecule has 4 aromatic rings. The first-order valence-corrected chi connectivity index (χ1v) is 11.9. The first-order valence-electron chi connectivity index (χ1n) is 11.5. The van der Waals surface area contributed by atoms with E-state index in [0.29, 0.717) is 17.1 Å². The van der Waals surface area contributed by atoms with E-state index >= 15 is 0 Å². The lowest BCUT2D eigenvalue weighted by Crippen LogP contribution is -2.28. The molecule has 2 heterocycles. The molecule has 35 heavy (non-hydrogen) atoms. The summed E-state index contributed by atoms with van der Waals surface area (Å²) < 4.78 is 13.8. The number of benzene rings is 3. The highest BCUT2D eigenvalue weighted by Gasteiger charge is 2.27. The van der Waals surface area contributed by atoms with Crippen molar-refractivity contribution in [1.29, 1.82) is 0 Å². The third kappa shape index (κ3) is 4.75. The summed E-state index contributed by atoms with van der Waals surface area (Å²) in [6.07, 6.45) is 9.44. The average molecular weight is 484 g/mol. The lowest BCUT2D eigenvalue weighted by molar-refractivity contribution is 0.103. The van der Waals surface area contributed by atoms with Crippen LogP contribution in [0, 0.1) is 0 Å². The number of ether oxygens (including phenoxy) is 2. The number of rotatable bonds is 6. The van der Waals surface area contributed by atoms with E-state index in [4.69, 9.17) is 21.1 Å². The van der Waals surface area contributed by atoms with Gasteiger partial charge in [0.15, 0.2) is 5.78 Å². The van der Waals surface area contributed by atoms with Crippen LogP contribution in [-0.2, 0) is 6.54 Å². The van der Waals surface area contributed by atoms with Crippen LogP contribution in [0.1, 0.15) is 40.9 Å². The summed E-state index contributed by atoms with van der Waals surface area (Å²) in [6.45, 7) is 4.64. The molecule has 0 radical (unpaired) electrons. The van der Waals surface area contributed by atoms with Crippen LogP contribution in [-0.4, -0.2) is 23.1 Å². The number of methoxy groups -OCH3 is 1. The molecule has 0 saturated heterocycles. The predicted molar refractivity (Wildman–Crippen MR) is 143 cm³/mol. The fourth-order valence-corrected chi connectivity index (χ4v) is 4.55. The highest BCUT2D eigenvalue weighted by atomic mass is 35.5. The van der Waals surface area contributed by atoms with Crippen molar-refractivity contribution in [3.63, 3.8) is 0 Å². The monoisotopic (exact) mass is 483 g/mol. The van der Waals surface area contributed by atoms with Crippen LogP contribution in [0.5, 0.6) is 11.5 Å². The zero-order valence-corrected chi connectivity index (χ0v) is 20.7. The van der Waals surface area contributed by atoms with Crippen LogP contribution in [0.3, 0.4) is 0 Å². The van der Waals surface area contributed by atoms with Crippen LogP contribution in [0.2, 0.25) is 5.02 Å². The fraction of sp³-hybridized carbons (Fsp3) is 0.167. The number of fused-ring (bicyclic) bond motifs is 2. The Kier molecular flexibility index (Phi) is 6.00. The summed E-state index contributed by atoms with van der Waals surface area (Å²) >= 11 is 6.16. The summed E-state index contributed by atoms with van der Waals surface area (Å²) in [5.41, 5.74) is 3.97. The third-order valence-corrected chi connectivity index (χ3v) is 6.36. The summed E-state index contributed by atoms with van der Waals surface area (Å²) in [5, 5.41) is 1.87. The first-order chi connectivity index (χ1) is 16.8. The minimum Gasteiger partial charge on any atom is -0.496 e. The molecule has 0 spiro atoms. The lowest BCUT2D eigenvalue weighted by atomic mass is 9.97. The molecule has 0 aliphatic carbocycles. The molecular weight excluding hydrogens is 458 g/mol. The predicted octanol–water partition coefficient (Wildman–Crippen LogP) is 7.43. The number of aromatic nitrogens is 1. The summed E-state index contributed by atoms with van der Waals surface area (Å²) in [4.78, 5) is 13.2. The highest BCUT2D eigenvalue weighted by Crippen LogP contribution is 2.40. The molecule has 176 valence electrons. The number of nitrogens with zero attached hydrogens (tertiary/aromatic N) is 1. The minimum atomic E-state index is -0.502. The van der Waals surface area contributed by atoms with Gasteiger partial charge in [-0.1, -0.05) is 41.9 Å². The van der Waals surface area contributed by atoms with E-state index in [2.05, 4.69) is 35.0 Å². The standard InChI is InChI=1S/C30H26ClNO3/c1-30(2)15-13-25-28(34-3)12-10-24(29(25)35-30)27(33)11-8-20-7-9-22-14-16-32(26(22)18-20)19-21-5-4-6-23(31)17-21/h4-18H,19H2,1-3H3/b11-8+. The number of halogens is 1. The Bertz CT molecular complexity index is 1490. The largest absolute Gasteiger partial charge is 0.496 e. The van der Waals surface area contributed by atoms with Gasteiger partial charge in [0.25, 0.3) is 0 Å². The van der Waals surface area contributed by atoms with Crippen molar-refractivity contribution in [3.05, 3.63) is 106 Å². The van der Waals surface area contributed by atoms with Crippen LogP contribution in [0.15, 0.2) is 79.0 Å². The van der Waals surface area contributed by atoms with E-state index in [0.717, 1.165) is 39.2 Å². The Morgan fingerprint density at radius 1 is 1.11 bits per heavy atom. The molecular formula is C30H26ClNO3. The van der Waals surface area contributed by atoms with Gasteiger partial charge in [-0.3, -0.25) is 4.79 Å². The maximum atomic E-state index is 13.2. The summed E-state index contributed by atoms with van der Waals surface area (Å²) in [5.74, 6) is 1.11.